The van der Waals surface area contributed by atoms with Crippen molar-refractivity contribution in [1.82, 2.24) is 4.90 Å². The van der Waals surface area contributed by atoms with Crippen LogP contribution in [0, 0.1) is 5.82 Å². The van der Waals surface area contributed by atoms with E-state index in [1.807, 2.05) is 0 Å². The van der Waals surface area contributed by atoms with E-state index in [0.29, 0.717) is 12.1 Å². The summed E-state index contributed by atoms with van der Waals surface area (Å²) in [5.41, 5.74) is 0.646. The van der Waals surface area contributed by atoms with E-state index in [0.717, 1.165) is 17.7 Å². The lowest BCUT2D eigenvalue weighted by atomic mass is 10.0. The lowest BCUT2D eigenvalue weighted by Crippen LogP contribution is -2.25. The number of aromatic hydroxyl groups is 1. The fraction of sp³-hybridized carbons (Fsp3) is 0.125. The van der Waals surface area contributed by atoms with E-state index in [4.69, 9.17) is 5.11 Å². The van der Waals surface area contributed by atoms with Crippen LogP contribution in [0.5, 0.6) is 5.75 Å². The average Bonchev–Trinajstić information content (AvgIpc) is 2.80. The Bertz CT molecular complexity index is 788. The summed E-state index contributed by atoms with van der Waals surface area (Å²) in [5.74, 6) is -3.03. The highest BCUT2D eigenvalue weighted by Crippen LogP contribution is 2.30. The number of carboxylic acid groups (broad SMARTS) is 1. The van der Waals surface area contributed by atoms with Crippen LogP contribution >= 0.6 is 0 Å². The second kappa shape index (κ2) is 5.14. The lowest BCUT2D eigenvalue weighted by molar-refractivity contribution is 0.0679. The van der Waals surface area contributed by atoms with Crippen LogP contribution in [0.4, 0.5) is 4.39 Å². The van der Waals surface area contributed by atoms with Gasteiger partial charge in [-0.1, -0.05) is 18.2 Å². The largest absolute Gasteiger partial charge is 0.508 e. The molecule has 0 spiro atoms. The smallest absolute Gasteiger partial charge is 0.339 e. The maximum absolute atomic E-state index is 13.7. The van der Waals surface area contributed by atoms with Crippen molar-refractivity contribution in [2.75, 3.05) is 0 Å². The monoisotopic (exact) mass is 301 g/mol. The fourth-order valence-corrected chi connectivity index (χ4v) is 2.63. The number of carbonyl (C=O) groups is 2. The molecule has 0 radical (unpaired) electrons. The minimum Gasteiger partial charge on any atom is -0.508 e. The maximum atomic E-state index is 13.7. The second-order valence-corrected chi connectivity index (χ2v) is 5.04. The Morgan fingerprint density at radius 1 is 1.23 bits per heavy atom. The molecule has 0 fully saturated rings. The predicted octanol–water partition coefficient (Wildman–Crippen LogP) is 2.39. The quantitative estimate of drug-likeness (QED) is 0.912. The topological polar surface area (TPSA) is 77.8 Å². The van der Waals surface area contributed by atoms with Gasteiger partial charge in [0.05, 0.1) is 6.54 Å². The molecular weight excluding hydrogens is 289 g/mol. The summed E-state index contributed by atoms with van der Waals surface area (Å²) in [6.07, 6.45) is 0. The van der Waals surface area contributed by atoms with E-state index in [1.54, 1.807) is 24.3 Å². The van der Waals surface area contributed by atoms with E-state index >= 15 is 0 Å². The fourth-order valence-electron chi connectivity index (χ4n) is 2.63. The molecule has 112 valence electrons. The van der Waals surface area contributed by atoms with Gasteiger partial charge in [-0.25, -0.2) is 9.18 Å². The summed E-state index contributed by atoms with van der Waals surface area (Å²) < 4.78 is 13.7. The number of hydrogen-bond acceptors (Lipinski definition) is 3. The molecule has 0 saturated carbocycles. The van der Waals surface area contributed by atoms with Crippen LogP contribution < -0.4 is 0 Å². The standard InChI is InChI=1S/C16H12FNO4/c17-12-5-6-13(19)11(14(12)16(21)22)8-18-7-9-3-1-2-4-10(9)15(18)20/h1-6,19H,7-8H2,(H,21,22). The summed E-state index contributed by atoms with van der Waals surface area (Å²) in [5, 5.41) is 19.0. The molecule has 1 amide bonds. The van der Waals surface area contributed by atoms with E-state index in [1.165, 1.54) is 4.90 Å². The van der Waals surface area contributed by atoms with Gasteiger partial charge < -0.3 is 15.1 Å². The molecule has 2 aromatic rings. The first-order valence-corrected chi connectivity index (χ1v) is 6.60. The third-order valence-electron chi connectivity index (χ3n) is 3.70. The molecule has 1 heterocycles. The van der Waals surface area contributed by atoms with Gasteiger partial charge in [0.1, 0.15) is 17.1 Å². The van der Waals surface area contributed by atoms with Gasteiger partial charge in [0.25, 0.3) is 5.91 Å². The van der Waals surface area contributed by atoms with Gasteiger partial charge in [0.15, 0.2) is 0 Å². The van der Waals surface area contributed by atoms with Crippen molar-refractivity contribution in [3.63, 3.8) is 0 Å². The van der Waals surface area contributed by atoms with Crippen molar-refractivity contribution in [2.45, 2.75) is 13.1 Å². The molecule has 2 aromatic carbocycles. The molecule has 1 aliphatic heterocycles. The number of nitrogens with zero attached hydrogens (tertiary/aromatic N) is 1. The number of hydrogen-bond donors (Lipinski definition) is 2. The number of carboxylic acids is 1. The van der Waals surface area contributed by atoms with Crippen LogP contribution in [-0.4, -0.2) is 27.0 Å². The van der Waals surface area contributed by atoms with Crippen molar-refractivity contribution in [1.29, 1.82) is 0 Å². The third kappa shape index (κ3) is 2.18. The van der Waals surface area contributed by atoms with Crippen molar-refractivity contribution in [3.8, 4) is 5.75 Å². The normalized spacial score (nSPS) is 13.3. The molecular formula is C16H12FNO4. The summed E-state index contributed by atoms with van der Waals surface area (Å²) in [4.78, 5) is 24.9. The molecule has 0 bridgehead atoms. The maximum Gasteiger partial charge on any atom is 0.339 e. The number of carbonyl (C=O) groups excluding carboxylic acids is 1. The SMILES string of the molecule is O=C(O)c1c(F)ccc(O)c1CN1Cc2ccccc2C1=O. The molecule has 5 nitrogen and oxygen atoms in total. The van der Waals surface area contributed by atoms with Gasteiger partial charge in [0, 0.05) is 17.7 Å². The number of rotatable bonds is 3. The second-order valence-electron chi connectivity index (χ2n) is 5.04. The molecule has 0 aliphatic carbocycles. The summed E-state index contributed by atoms with van der Waals surface area (Å²) in [6, 6.07) is 9.01. The Balaban J connectivity index is 1.98. The van der Waals surface area contributed by atoms with Crippen LogP contribution in [0.25, 0.3) is 0 Å². The van der Waals surface area contributed by atoms with Crippen molar-refractivity contribution in [2.24, 2.45) is 0 Å². The van der Waals surface area contributed by atoms with E-state index in [-0.39, 0.29) is 23.8 Å². The predicted molar refractivity (Wildman–Crippen MR) is 75.0 cm³/mol. The van der Waals surface area contributed by atoms with Crippen LogP contribution in [0.2, 0.25) is 0 Å². The van der Waals surface area contributed by atoms with Gasteiger partial charge in [0.2, 0.25) is 0 Å². The third-order valence-corrected chi connectivity index (χ3v) is 3.70. The first kappa shape index (κ1) is 14.1. The number of aromatic carboxylic acids is 1. The van der Waals surface area contributed by atoms with Crippen LogP contribution in [-0.2, 0) is 13.1 Å². The van der Waals surface area contributed by atoms with Gasteiger partial charge in [-0.15, -0.1) is 0 Å². The number of phenols is 1. The zero-order chi connectivity index (χ0) is 15.9. The zero-order valence-electron chi connectivity index (χ0n) is 11.4. The van der Waals surface area contributed by atoms with Gasteiger partial charge in [-0.2, -0.15) is 0 Å². The van der Waals surface area contributed by atoms with Gasteiger partial charge in [-0.05, 0) is 23.8 Å². The van der Waals surface area contributed by atoms with Crippen LogP contribution in [0.15, 0.2) is 36.4 Å². The summed E-state index contributed by atoms with van der Waals surface area (Å²) in [6.45, 7) is 0.128. The summed E-state index contributed by atoms with van der Waals surface area (Å²) >= 11 is 0. The van der Waals surface area contributed by atoms with Gasteiger partial charge >= 0.3 is 5.97 Å². The number of benzene rings is 2. The first-order chi connectivity index (χ1) is 10.5. The first-order valence-electron chi connectivity index (χ1n) is 6.60. The molecule has 0 saturated heterocycles. The highest BCUT2D eigenvalue weighted by molar-refractivity contribution is 5.98. The summed E-state index contributed by atoms with van der Waals surface area (Å²) in [7, 11) is 0. The average molecular weight is 301 g/mol. The molecule has 2 N–H and O–H groups in total. The molecule has 22 heavy (non-hydrogen) atoms. The molecule has 0 atom stereocenters. The van der Waals surface area contributed by atoms with Crippen LogP contribution in [0.1, 0.15) is 31.8 Å². The molecule has 0 unspecified atom stereocenters. The lowest BCUT2D eigenvalue weighted by Gasteiger charge is -2.18. The van der Waals surface area contributed by atoms with Crippen LogP contribution in [0.3, 0.4) is 0 Å². The van der Waals surface area contributed by atoms with Crippen molar-refractivity contribution in [3.05, 3.63) is 64.5 Å². The number of amides is 1. The highest BCUT2D eigenvalue weighted by atomic mass is 19.1. The molecule has 0 aromatic heterocycles. The number of halogens is 1. The van der Waals surface area contributed by atoms with Crippen molar-refractivity contribution < 1.29 is 24.2 Å². The van der Waals surface area contributed by atoms with Crippen molar-refractivity contribution >= 4 is 11.9 Å². The van der Waals surface area contributed by atoms with E-state index in [2.05, 4.69) is 0 Å². The molecule has 6 heteroatoms. The van der Waals surface area contributed by atoms with Gasteiger partial charge in [-0.3, -0.25) is 4.79 Å². The minimum atomic E-state index is -1.48. The Morgan fingerprint density at radius 2 is 1.95 bits per heavy atom. The highest BCUT2D eigenvalue weighted by Gasteiger charge is 2.29. The zero-order valence-corrected chi connectivity index (χ0v) is 11.4. The van der Waals surface area contributed by atoms with E-state index in [9.17, 15) is 19.1 Å². The Kier molecular flexibility index (Phi) is 3.29. The Labute approximate surface area is 125 Å². The minimum absolute atomic E-state index is 0.103. The van der Waals surface area contributed by atoms with E-state index < -0.39 is 17.3 Å². The Morgan fingerprint density at radius 3 is 2.64 bits per heavy atom. The molecule has 3 rings (SSSR count). The molecule has 1 aliphatic rings. The number of phenolic OH excluding ortho intramolecular Hbond substituents is 1. The Hall–Kier alpha value is -2.89. The number of fused-ring (bicyclic) bond motifs is 1.